The van der Waals surface area contributed by atoms with Crippen LogP contribution in [0.25, 0.3) is 0 Å². The summed E-state index contributed by atoms with van der Waals surface area (Å²) >= 11 is 0. The molecule has 2 unspecified atom stereocenters. The zero-order valence-corrected chi connectivity index (χ0v) is 13.2. The third-order valence-corrected chi connectivity index (χ3v) is 4.20. The van der Waals surface area contributed by atoms with Crippen LogP contribution in [0.1, 0.15) is 44.7 Å². The van der Waals surface area contributed by atoms with Crippen LogP contribution in [0, 0.1) is 5.92 Å². The van der Waals surface area contributed by atoms with Crippen LogP contribution < -0.4 is 5.32 Å². The lowest BCUT2D eigenvalue weighted by atomic mass is 9.97. The first kappa shape index (κ1) is 15.5. The van der Waals surface area contributed by atoms with Crippen molar-refractivity contribution in [3.05, 3.63) is 35.4 Å². The van der Waals surface area contributed by atoms with Crippen molar-refractivity contribution in [2.75, 3.05) is 13.2 Å². The van der Waals surface area contributed by atoms with Crippen molar-refractivity contribution in [3.63, 3.8) is 0 Å². The molecule has 1 fully saturated rings. The Labute approximate surface area is 123 Å². The van der Waals surface area contributed by atoms with E-state index >= 15 is 0 Å². The molecule has 1 saturated carbocycles. The van der Waals surface area contributed by atoms with Crippen LogP contribution in [0.3, 0.4) is 0 Å². The van der Waals surface area contributed by atoms with Crippen LogP contribution >= 0.6 is 0 Å². The van der Waals surface area contributed by atoms with Gasteiger partial charge in [-0.15, -0.1) is 0 Å². The van der Waals surface area contributed by atoms with Gasteiger partial charge in [0.15, 0.2) is 0 Å². The van der Waals surface area contributed by atoms with Gasteiger partial charge in [-0.3, -0.25) is 0 Å². The molecule has 0 aliphatic heterocycles. The first-order valence-electron chi connectivity index (χ1n) is 8.21. The second-order valence-electron chi connectivity index (χ2n) is 5.80. The Morgan fingerprint density at radius 1 is 1.10 bits per heavy atom. The molecule has 0 bridgehead atoms. The summed E-state index contributed by atoms with van der Waals surface area (Å²) in [6, 6.07) is 9.51. The van der Waals surface area contributed by atoms with Gasteiger partial charge >= 0.3 is 0 Å². The SMILES string of the molecule is CCNC(Cc1ccc(CC)cc1)C(OCC)C1CC1. The van der Waals surface area contributed by atoms with Crippen LogP contribution in [0.15, 0.2) is 24.3 Å². The summed E-state index contributed by atoms with van der Waals surface area (Å²) in [6.07, 6.45) is 5.23. The second kappa shape index (κ2) is 7.80. The molecular weight excluding hydrogens is 246 g/mol. The van der Waals surface area contributed by atoms with E-state index in [9.17, 15) is 0 Å². The predicted octanol–water partition coefficient (Wildman–Crippen LogP) is 3.58. The number of rotatable bonds is 9. The Bertz CT molecular complexity index is 383. The van der Waals surface area contributed by atoms with E-state index in [0.29, 0.717) is 12.1 Å². The molecule has 1 N–H and O–H groups in total. The van der Waals surface area contributed by atoms with Gasteiger partial charge in [0.05, 0.1) is 6.10 Å². The molecule has 2 rings (SSSR count). The van der Waals surface area contributed by atoms with E-state index in [1.54, 1.807) is 0 Å². The molecule has 1 aromatic carbocycles. The summed E-state index contributed by atoms with van der Waals surface area (Å²) in [5, 5.41) is 3.64. The minimum atomic E-state index is 0.380. The average molecular weight is 275 g/mol. The molecule has 0 spiro atoms. The molecule has 0 aromatic heterocycles. The quantitative estimate of drug-likeness (QED) is 0.743. The van der Waals surface area contributed by atoms with Gasteiger partial charge in [-0.05, 0) is 56.2 Å². The zero-order chi connectivity index (χ0) is 14.4. The smallest absolute Gasteiger partial charge is 0.0759 e. The van der Waals surface area contributed by atoms with Gasteiger partial charge in [-0.25, -0.2) is 0 Å². The van der Waals surface area contributed by atoms with E-state index in [-0.39, 0.29) is 0 Å². The highest BCUT2D eigenvalue weighted by Gasteiger charge is 2.36. The molecule has 1 aliphatic carbocycles. The number of aryl methyl sites for hydroxylation is 1. The molecule has 2 nitrogen and oxygen atoms in total. The fourth-order valence-electron chi connectivity index (χ4n) is 2.93. The zero-order valence-electron chi connectivity index (χ0n) is 13.2. The van der Waals surface area contributed by atoms with Crippen LogP contribution in [0.2, 0.25) is 0 Å². The highest BCUT2D eigenvalue weighted by Crippen LogP contribution is 2.36. The summed E-state index contributed by atoms with van der Waals surface area (Å²) in [4.78, 5) is 0. The number of hydrogen-bond donors (Lipinski definition) is 1. The number of benzene rings is 1. The Kier molecular flexibility index (Phi) is 6.06. The fraction of sp³-hybridized carbons (Fsp3) is 0.667. The molecule has 0 heterocycles. The van der Waals surface area contributed by atoms with Crippen molar-refractivity contribution in [3.8, 4) is 0 Å². The minimum absolute atomic E-state index is 0.380. The molecule has 20 heavy (non-hydrogen) atoms. The molecule has 1 aliphatic rings. The second-order valence-corrected chi connectivity index (χ2v) is 5.80. The van der Waals surface area contributed by atoms with Gasteiger partial charge < -0.3 is 10.1 Å². The molecule has 0 radical (unpaired) electrons. The summed E-state index contributed by atoms with van der Waals surface area (Å²) in [7, 11) is 0. The van der Waals surface area contributed by atoms with Crippen LogP contribution in [0.5, 0.6) is 0 Å². The maximum atomic E-state index is 6.04. The van der Waals surface area contributed by atoms with Crippen molar-refractivity contribution in [1.82, 2.24) is 5.32 Å². The van der Waals surface area contributed by atoms with E-state index in [0.717, 1.165) is 31.9 Å². The Morgan fingerprint density at radius 3 is 2.25 bits per heavy atom. The van der Waals surface area contributed by atoms with Crippen molar-refractivity contribution < 1.29 is 4.74 Å². The lowest BCUT2D eigenvalue weighted by Gasteiger charge is -2.28. The van der Waals surface area contributed by atoms with E-state index in [2.05, 4.69) is 50.4 Å². The lowest BCUT2D eigenvalue weighted by Crippen LogP contribution is -2.44. The Balaban J connectivity index is 2.02. The first-order valence-corrected chi connectivity index (χ1v) is 8.21. The number of hydrogen-bond acceptors (Lipinski definition) is 2. The lowest BCUT2D eigenvalue weighted by molar-refractivity contribution is 0.0196. The molecule has 2 atom stereocenters. The number of nitrogens with one attached hydrogen (secondary N) is 1. The maximum Gasteiger partial charge on any atom is 0.0759 e. The monoisotopic (exact) mass is 275 g/mol. The van der Waals surface area contributed by atoms with E-state index < -0.39 is 0 Å². The van der Waals surface area contributed by atoms with Gasteiger partial charge in [0.2, 0.25) is 0 Å². The standard InChI is InChI=1S/C18H29NO/c1-4-14-7-9-15(10-8-14)13-17(19-5-2)18(20-6-3)16-11-12-16/h7-10,16-19H,4-6,11-13H2,1-3H3. The molecule has 0 amide bonds. The first-order chi connectivity index (χ1) is 9.78. The van der Waals surface area contributed by atoms with Gasteiger partial charge in [0.25, 0.3) is 0 Å². The highest BCUT2D eigenvalue weighted by molar-refractivity contribution is 5.23. The molecule has 1 aromatic rings. The summed E-state index contributed by atoms with van der Waals surface area (Å²) in [5.41, 5.74) is 2.83. The van der Waals surface area contributed by atoms with Gasteiger partial charge in [-0.1, -0.05) is 38.1 Å². The largest absolute Gasteiger partial charge is 0.377 e. The van der Waals surface area contributed by atoms with Crippen molar-refractivity contribution in [2.45, 2.75) is 58.6 Å². The van der Waals surface area contributed by atoms with Crippen LogP contribution in [-0.4, -0.2) is 25.3 Å². The molecule has 0 saturated heterocycles. The highest BCUT2D eigenvalue weighted by atomic mass is 16.5. The van der Waals surface area contributed by atoms with Gasteiger partial charge in [0, 0.05) is 12.6 Å². The van der Waals surface area contributed by atoms with E-state index in [1.165, 1.54) is 24.0 Å². The van der Waals surface area contributed by atoms with Crippen LogP contribution in [0.4, 0.5) is 0 Å². The predicted molar refractivity (Wildman–Crippen MR) is 85.1 cm³/mol. The minimum Gasteiger partial charge on any atom is -0.377 e. The number of ether oxygens (including phenoxy) is 1. The molecule has 112 valence electrons. The Morgan fingerprint density at radius 2 is 1.75 bits per heavy atom. The third-order valence-electron chi connectivity index (χ3n) is 4.20. The topological polar surface area (TPSA) is 21.3 Å². The van der Waals surface area contributed by atoms with Crippen LogP contribution in [-0.2, 0) is 17.6 Å². The average Bonchev–Trinajstić information content (AvgIpc) is 3.30. The summed E-state index contributed by atoms with van der Waals surface area (Å²) < 4.78 is 6.04. The van der Waals surface area contributed by atoms with Gasteiger partial charge in [-0.2, -0.15) is 0 Å². The van der Waals surface area contributed by atoms with Crippen molar-refractivity contribution in [2.24, 2.45) is 5.92 Å². The van der Waals surface area contributed by atoms with E-state index in [1.807, 2.05) is 0 Å². The maximum absolute atomic E-state index is 6.04. The van der Waals surface area contributed by atoms with Crippen molar-refractivity contribution >= 4 is 0 Å². The van der Waals surface area contributed by atoms with Crippen molar-refractivity contribution in [1.29, 1.82) is 0 Å². The third kappa shape index (κ3) is 4.32. The fourth-order valence-corrected chi connectivity index (χ4v) is 2.93. The van der Waals surface area contributed by atoms with Gasteiger partial charge in [0.1, 0.15) is 0 Å². The number of likely N-dealkylation sites (N-methyl/N-ethyl adjacent to an activating group) is 1. The molecule has 2 heteroatoms. The normalized spacial score (nSPS) is 17.9. The Hall–Kier alpha value is -0.860. The molecular formula is C18H29NO. The summed E-state index contributed by atoms with van der Waals surface area (Å²) in [5.74, 6) is 0.772. The summed E-state index contributed by atoms with van der Waals surface area (Å²) in [6.45, 7) is 8.32. The van der Waals surface area contributed by atoms with E-state index in [4.69, 9.17) is 4.74 Å².